The number of carboxylic acid groups (broad SMARTS) is 1. The van der Waals surface area contributed by atoms with Crippen molar-refractivity contribution in [2.75, 3.05) is 11.4 Å². The predicted molar refractivity (Wildman–Crippen MR) is 98.1 cm³/mol. The largest absolute Gasteiger partial charge is 0.481 e. The van der Waals surface area contributed by atoms with Crippen LogP contribution in [0.3, 0.4) is 0 Å². The van der Waals surface area contributed by atoms with E-state index in [0.717, 1.165) is 37.8 Å². The second-order valence-electron chi connectivity index (χ2n) is 7.22. The second kappa shape index (κ2) is 8.34. The van der Waals surface area contributed by atoms with E-state index in [1.165, 1.54) is 0 Å². The normalized spacial score (nSPS) is 24.0. The molecule has 2 unspecified atom stereocenters. The van der Waals surface area contributed by atoms with E-state index in [1.54, 1.807) is 23.1 Å². The third kappa shape index (κ3) is 4.23. The standard InChI is InChI=1S/C20H26N2O4/c23-18-11-6-12-22(18)15-8-5-7-14(13-15)19(24)21-17-10-4-2-1-3-9-16(17)20(25)26/h5,7-8,13,16-17H,1-4,6,9-12H2,(H,21,24)(H,25,26). The van der Waals surface area contributed by atoms with Crippen molar-refractivity contribution in [1.82, 2.24) is 5.32 Å². The number of hydrogen-bond acceptors (Lipinski definition) is 3. The van der Waals surface area contributed by atoms with Crippen molar-refractivity contribution in [3.8, 4) is 0 Å². The van der Waals surface area contributed by atoms with E-state index < -0.39 is 11.9 Å². The topological polar surface area (TPSA) is 86.7 Å². The summed E-state index contributed by atoms with van der Waals surface area (Å²) in [5.41, 5.74) is 1.20. The number of aliphatic carboxylic acids is 1. The van der Waals surface area contributed by atoms with E-state index >= 15 is 0 Å². The van der Waals surface area contributed by atoms with Gasteiger partial charge in [-0.1, -0.05) is 31.7 Å². The lowest BCUT2D eigenvalue weighted by atomic mass is 9.86. The van der Waals surface area contributed by atoms with Crippen LogP contribution in [-0.4, -0.2) is 35.5 Å². The summed E-state index contributed by atoms with van der Waals surface area (Å²) in [7, 11) is 0. The summed E-state index contributed by atoms with van der Waals surface area (Å²) < 4.78 is 0. The molecule has 2 atom stereocenters. The molecule has 6 nitrogen and oxygen atoms in total. The fraction of sp³-hybridized carbons (Fsp3) is 0.550. The highest BCUT2D eigenvalue weighted by molar-refractivity contribution is 5.99. The van der Waals surface area contributed by atoms with Crippen molar-refractivity contribution in [3.05, 3.63) is 29.8 Å². The van der Waals surface area contributed by atoms with Crippen LogP contribution in [0.4, 0.5) is 5.69 Å². The van der Waals surface area contributed by atoms with Gasteiger partial charge in [0.15, 0.2) is 0 Å². The van der Waals surface area contributed by atoms with Crippen molar-refractivity contribution in [3.63, 3.8) is 0 Å². The molecule has 3 rings (SSSR count). The maximum absolute atomic E-state index is 12.7. The quantitative estimate of drug-likeness (QED) is 0.866. The Hall–Kier alpha value is -2.37. The molecule has 1 saturated carbocycles. The summed E-state index contributed by atoms with van der Waals surface area (Å²) in [6.07, 6.45) is 6.60. The Kier molecular flexibility index (Phi) is 5.91. The number of hydrogen-bond donors (Lipinski definition) is 2. The van der Waals surface area contributed by atoms with Crippen molar-refractivity contribution in [2.45, 2.75) is 57.4 Å². The maximum Gasteiger partial charge on any atom is 0.308 e. The van der Waals surface area contributed by atoms with E-state index in [4.69, 9.17) is 0 Å². The van der Waals surface area contributed by atoms with E-state index in [0.29, 0.717) is 31.4 Å². The Bertz CT molecular complexity index is 688. The van der Waals surface area contributed by atoms with Crippen molar-refractivity contribution in [1.29, 1.82) is 0 Å². The van der Waals surface area contributed by atoms with Crippen LogP contribution in [0.2, 0.25) is 0 Å². The van der Waals surface area contributed by atoms with E-state index in [2.05, 4.69) is 5.32 Å². The average Bonchev–Trinajstić information content (AvgIpc) is 3.03. The Labute approximate surface area is 153 Å². The number of rotatable bonds is 4. The highest BCUT2D eigenvalue weighted by Gasteiger charge is 2.30. The van der Waals surface area contributed by atoms with Gasteiger partial charge in [-0.3, -0.25) is 14.4 Å². The molecule has 2 fully saturated rings. The number of carbonyl (C=O) groups excluding carboxylic acids is 2. The zero-order valence-corrected chi connectivity index (χ0v) is 14.9. The van der Waals surface area contributed by atoms with Gasteiger partial charge in [0.1, 0.15) is 0 Å². The van der Waals surface area contributed by atoms with Crippen molar-refractivity contribution >= 4 is 23.5 Å². The molecule has 1 aromatic carbocycles. The first-order valence-corrected chi connectivity index (χ1v) is 9.50. The number of nitrogens with zero attached hydrogens (tertiary/aromatic N) is 1. The number of carbonyl (C=O) groups is 3. The summed E-state index contributed by atoms with van der Waals surface area (Å²) in [6, 6.07) is 6.67. The fourth-order valence-corrected chi connectivity index (χ4v) is 3.94. The molecule has 1 heterocycles. The molecule has 140 valence electrons. The molecule has 2 N–H and O–H groups in total. The molecule has 1 aliphatic carbocycles. The number of amides is 2. The third-order valence-electron chi connectivity index (χ3n) is 5.39. The van der Waals surface area contributed by atoms with Gasteiger partial charge in [-0.2, -0.15) is 0 Å². The lowest BCUT2D eigenvalue weighted by Crippen LogP contribution is -2.44. The van der Waals surface area contributed by atoms with Crippen LogP contribution in [0.25, 0.3) is 0 Å². The SMILES string of the molecule is O=C(NC1CCCCCCC1C(=O)O)c1cccc(N2CCCC2=O)c1. The highest BCUT2D eigenvalue weighted by atomic mass is 16.4. The summed E-state index contributed by atoms with van der Waals surface area (Å²) in [5, 5.41) is 12.5. The van der Waals surface area contributed by atoms with Crippen LogP contribution < -0.4 is 10.2 Å². The molecule has 0 bridgehead atoms. The first-order valence-electron chi connectivity index (χ1n) is 9.50. The lowest BCUT2D eigenvalue weighted by molar-refractivity contribution is -0.143. The number of nitrogens with one attached hydrogen (secondary N) is 1. The summed E-state index contributed by atoms with van der Waals surface area (Å²) in [4.78, 5) is 38.0. The van der Waals surface area contributed by atoms with Gasteiger partial charge in [-0.05, 0) is 37.5 Å². The molecule has 1 aromatic rings. The molecule has 0 spiro atoms. The van der Waals surface area contributed by atoms with Crippen molar-refractivity contribution in [2.24, 2.45) is 5.92 Å². The monoisotopic (exact) mass is 358 g/mol. The minimum atomic E-state index is -0.839. The highest BCUT2D eigenvalue weighted by Crippen LogP contribution is 2.25. The lowest BCUT2D eigenvalue weighted by Gasteiger charge is -2.27. The second-order valence-corrected chi connectivity index (χ2v) is 7.22. The van der Waals surface area contributed by atoms with Crippen LogP contribution in [0.5, 0.6) is 0 Å². The minimum Gasteiger partial charge on any atom is -0.481 e. The van der Waals surface area contributed by atoms with Gasteiger partial charge in [0.05, 0.1) is 5.92 Å². The molecule has 6 heteroatoms. The molecule has 2 amide bonds. The van der Waals surface area contributed by atoms with Gasteiger partial charge in [0, 0.05) is 30.3 Å². The Balaban J connectivity index is 1.73. The molecule has 2 aliphatic rings. The Morgan fingerprint density at radius 1 is 1.08 bits per heavy atom. The first-order chi connectivity index (χ1) is 12.6. The van der Waals surface area contributed by atoms with Gasteiger partial charge in [-0.25, -0.2) is 0 Å². The number of carboxylic acids is 1. The van der Waals surface area contributed by atoms with Crippen LogP contribution in [0.15, 0.2) is 24.3 Å². The van der Waals surface area contributed by atoms with E-state index in [1.807, 2.05) is 6.07 Å². The Morgan fingerprint density at radius 2 is 1.85 bits per heavy atom. The average molecular weight is 358 g/mol. The van der Waals surface area contributed by atoms with Gasteiger partial charge in [-0.15, -0.1) is 0 Å². The molecular formula is C20H26N2O4. The van der Waals surface area contributed by atoms with Crippen LogP contribution >= 0.6 is 0 Å². The van der Waals surface area contributed by atoms with Gasteiger partial charge < -0.3 is 15.3 Å². The van der Waals surface area contributed by atoms with Gasteiger partial charge >= 0.3 is 5.97 Å². The molecule has 26 heavy (non-hydrogen) atoms. The maximum atomic E-state index is 12.7. The van der Waals surface area contributed by atoms with Crippen molar-refractivity contribution < 1.29 is 19.5 Å². The fourth-order valence-electron chi connectivity index (χ4n) is 3.94. The van der Waals surface area contributed by atoms with Crippen LogP contribution in [-0.2, 0) is 9.59 Å². The molecule has 0 radical (unpaired) electrons. The molecule has 1 saturated heterocycles. The third-order valence-corrected chi connectivity index (χ3v) is 5.39. The first kappa shape index (κ1) is 18.4. The molecule has 0 aromatic heterocycles. The summed E-state index contributed by atoms with van der Waals surface area (Å²) in [5.74, 6) is -1.57. The van der Waals surface area contributed by atoms with Gasteiger partial charge in [0.25, 0.3) is 5.91 Å². The number of anilines is 1. The zero-order chi connectivity index (χ0) is 18.5. The van der Waals surface area contributed by atoms with Crippen LogP contribution in [0.1, 0.15) is 61.7 Å². The Morgan fingerprint density at radius 3 is 2.54 bits per heavy atom. The summed E-state index contributed by atoms with van der Waals surface area (Å²) in [6.45, 7) is 0.674. The van der Waals surface area contributed by atoms with Gasteiger partial charge in [0.2, 0.25) is 5.91 Å². The smallest absolute Gasteiger partial charge is 0.308 e. The van der Waals surface area contributed by atoms with Crippen LogP contribution in [0, 0.1) is 5.92 Å². The zero-order valence-electron chi connectivity index (χ0n) is 14.9. The van der Waals surface area contributed by atoms with E-state index in [-0.39, 0.29) is 17.9 Å². The minimum absolute atomic E-state index is 0.0773. The molecular weight excluding hydrogens is 332 g/mol. The predicted octanol–water partition coefficient (Wildman–Crippen LogP) is 2.97. The molecule has 1 aliphatic heterocycles. The number of benzene rings is 1. The summed E-state index contributed by atoms with van der Waals surface area (Å²) >= 11 is 0. The van der Waals surface area contributed by atoms with E-state index in [9.17, 15) is 19.5 Å².